The Morgan fingerprint density at radius 2 is 1.54 bits per heavy atom. The highest BCUT2D eigenvalue weighted by atomic mass is 19.1. The Kier molecular flexibility index (Phi) is 4.36. The molecule has 0 bridgehead atoms. The van der Waals surface area contributed by atoms with Crippen LogP contribution in [0.25, 0.3) is 11.2 Å². The monoisotopic (exact) mass is 356 g/mol. The van der Waals surface area contributed by atoms with Crippen molar-refractivity contribution in [2.75, 3.05) is 36.0 Å². The van der Waals surface area contributed by atoms with Gasteiger partial charge in [-0.2, -0.15) is 0 Å². The molecule has 9 heteroatoms. The Bertz CT molecular complexity index is 916. The van der Waals surface area contributed by atoms with Gasteiger partial charge < -0.3 is 14.4 Å². The van der Waals surface area contributed by atoms with Crippen LogP contribution in [0.5, 0.6) is 0 Å². The Morgan fingerprint density at radius 3 is 2.23 bits per heavy atom. The quantitative estimate of drug-likeness (QED) is 0.704. The lowest BCUT2D eigenvalue weighted by Crippen LogP contribution is -2.47. The predicted molar refractivity (Wildman–Crippen MR) is 96.8 cm³/mol. The van der Waals surface area contributed by atoms with E-state index in [1.807, 2.05) is 16.4 Å². The molecule has 3 aromatic heterocycles. The van der Waals surface area contributed by atoms with Crippen LogP contribution < -0.4 is 9.80 Å². The van der Waals surface area contributed by atoms with Gasteiger partial charge in [0.05, 0.1) is 12.0 Å². The number of imidazole rings is 1. The maximum atomic E-state index is 14.5. The zero-order valence-corrected chi connectivity index (χ0v) is 14.9. The third kappa shape index (κ3) is 2.73. The molecule has 0 radical (unpaired) electrons. The molecular formula is C17H21FN8. The standard InChI is InChI=1S/C17H21FN8/c1-3-12-13(18)15(20-9-19-12)25-5-7-26(8-6-25)17-14-16(21-10-22-17)24(4-2)11-23-14/h9-11H,3-8H2,1-2H3. The van der Waals surface area contributed by atoms with Crippen molar-refractivity contribution in [1.29, 1.82) is 0 Å². The molecule has 1 fully saturated rings. The summed E-state index contributed by atoms with van der Waals surface area (Å²) in [6.45, 7) is 7.53. The minimum absolute atomic E-state index is 0.311. The highest BCUT2D eigenvalue weighted by molar-refractivity contribution is 5.83. The van der Waals surface area contributed by atoms with Crippen molar-refractivity contribution >= 4 is 22.8 Å². The Labute approximate surface area is 150 Å². The lowest BCUT2D eigenvalue weighted by Gasteiger charge is -2.36. The predicted octanol–water partition coefficient (Wildman–Crippen LogP) is 1.66. The fraction of sp³-hybridized carbons (Fsp3) is 0.471. The summed E-state index contributed by atoms with van der Waals surface area (Å²) in [4.78, 5) is 25.6. The number of aromatic nitrogens is 6. The third-order valence-electron chi connectivity index (χ3n) is 4.78. The molecule has 0 N–H and O–H groups in total. The van der Waals surface area contributed by atoms with Crippen molar-refractivity contribution in [2.24, 2.45) is 0 Å². The van der Waals surface area contributed by atoms with Crippen molar-refractivity contribution in [3.63, 3.8) is 0 Å². The highest BCUT2D eigenvalue weighted by Gasteiger charge is 2.24. The number of hydrogen-bond donors (Lipinski definition) is 0. The third-order valence-corrected chi connectivity index (χ3v) is 4.78. The van der Waals surface area contributed by atoms with Crippen LogP contribution >= 0.6 is 0 Å². The highest BCUT2D eigenvalue weighted by Crippen LogP contribution is 2.25. The van der Waals surface area contributed by atoms with Crippen molar-refractivity contribution in [3.05, 3.63) is 30.5 Å². The average Bonchev–Trinajstić information content (AvgIpc) is 3.12. The second kappa shape index (κ2) is 6.81. The van der Waals surface area contributed by atoms with Crippen LogP contribution in [0.1, 0.15) is 19.5 Å². The van der Waals surface area contributed by atoms with Crippen LogP contribution in [0.4, 0.5) is 16.0 Å². The van der Waals surface area contributed by atoms with Crippen LogP contribution in [-0.2, 0) is 13.0 Å². The van der Waals surface area contributed by atoms with E-state index in [1.54, 1.807) is 12.7 Å². The van der Waals surface area contributed by atoms with E-state index in [0.29, 0.717) is 31.0 Å². The molecule has 0 atom stereocenters. The summed E-state index contributed by atoms with van der Waals surface area (Å²) in [7, 11) is 0. The maximum absolute atomic E-state index is 14.5. The summed E-state index contributed by atoms with van der Waals surface area (Å²) < 4.78 is 16.5. The minimum Gasteiger partial charge on any atom is -0.351 e. The zero-order chi connectivity index (χ0) is 18.1. The largest absolute Gasteiger partial charge is 0.351 e. The summed E-state index contributed by atoms with van der Waals surface area (Å²) in [6, 6.07) is 0. The first-order valence-corrected chi connectivity index (χ1v) is 8.88. The van der Waals surface area contributed by atoms with Crippen molar-refractivity contribution in [2.45, 2.75) is 26.8 Å². The van der Waals surface area contributed by atoms with E-state index in [9.17, 15) is 4.39 Å². The summed E-state index contributed by atoms with van der Waals surface area (Å²) >= 11 is 0. The van der Waals surface area contributed by atoms with E-state index in [0.717, 1.165) is 36.6 Å². The molecule has 0 amide bonds. The molecule has 136 valence electrons. The number of fused-ring (bicyclic) bond motifs is 1. The van der Waals surface area contributed by atoms with Crippen LogP contribution in [0.3, 0.4) is 0 Å². The van der Waals surface area contributed by atoms with Gasteiger partial charge in [-0.1, -0.05) is 6.92 Å². The second-order valence-electron chi connectivity index (χ2n) is 6.19. The average molecular weight is 356 g/mol. The number of rotatable bonds is 4. The van der Waals surface area contributed by atoms with Gasteiger partial charge in [0.15, 0.2) is 28.6 Å². The molecule has 4 heterocycles. The number of aryl methyl sites for hydroxylation is 2. The first-order chi connectivity index (χ1) is 12.7. The van der Waals surface area contributed by atoms with Crippen LogP contribution in [0, 0.1) is 5.82 Å². The summed E-state index contributed by atoms with van der Waals surface area (Å²) in [6.07, 6.45) is 5.37. The SMILES string of the molecule is CCc1ncnc(N2CCN(c3ncnc4c3ncn4CC)CC2)c1F. The van der Waals surface area contributed by atoms with Gasteiger partial charge in [0, 0.05) is 32.7 Å². The summed E-state index contributed by atoms with van der Waals surface area (Å²) in [5.41, 5.74) is 2.11. The van der Waals surface area contributed by atoms with E-state index in [2.05, 4.69) is 36.7 Å². The fourth-order valence-corrected chi connectivity index (χ4v) is 3.32. The summed E-state index contributed by atoms with van der Waals surface area (Å²) in [5.74, 6) is 0.911. The lowest BCUT2D eigenvalue weighted by atomic mass is 10.2. The molecule has 3 aromatic rings. The molecule has 0 spiro atoms. The maximum Gasteiger partial charge on any atom is 0.187 e. The molecule has 0 aliphatic carbocycles. The van der Waals surface area contributed by atoms with E-state index in [1.165, 1.54) is 6.33 Å². The normalized spacial score (nSPS) is 15.0. The van der Waals surface area contributed by atoms with E-state index in [4.69, 9.17) is 0 Å². The van der Waals surface area contributed by atoms with Crippen LogP contribution in [-0.4, -0.2) is 55.7 Å². The van der Waals surface area contributed by atoms with Crippen LogP contribution in [0.2, 0.25) is 0 Å². The van der Waals surface area contributed by atoms with Gasteiger partial charge in [0.2, 0.25) is 0 Å². The van der Waals surface area contributed by atoms with Crippen molar-refractivity contribution < 1.29 is 4.39 Å². The number of piperazine rings is 1. The van der Waals surface area contributed by atoms with Crippen LogP contribution in [0.15, 0.2) is 19.0 Å². The molecule has 26 heavy (non-hydrogen) atoms. The molecule has 0 saturated carbocycles. The topological polar surface area (TPSA) is 75.9 Å². The van der Waals surface area contributed by atoms with E-state index < -0.39 is 0 Å². The molecule has 0 unspecified atom stereocenters. The Balaban J connectivity index is 1.55. The van der Waals surface area contributed by atoms with Gasteiger partial charge in [-0.25, -0.2) is 29.3 Å². The Hall–Kier alpha value is -2.84. The number of anilines is 2. The second-order valence-corrected chi connectivity index (χ2v) is 6.19. The van der Waals surface area contributed by atoms with Gasteiger partial charge in [-0.3, -0.25) is 0 Å². The molecule has 8 nitrogen and oxygen atoms in total. The Morgan fingerprint density at radius 1 is 0.885 bits per heavy atom. The molecule has 0 aromatic carbocycles. The smallest absolute Gasteiger partial charge is 0.187 e. The fourth-order valence-electron chi connectivity index (χ4n) is 3.32. The van der Waals surface area contributed by atoms with Gasteiger partial charge in [-0.05, 0) is 13.3 Å². The zero-order valence-electron chi connectivity index (χ0n) is 14.9. The number of halogens is 1. The molecular weight excluding hydrogens is 335 g/mol. The van der Waals surface area contributed by atoms with Gasteiger partial charge in [-0.15, -0.1) is 0 Å². The molecule has 1 aliphatic heterocycles. The van der Waals surface area contributed by atoms with Crippen molar-refractivity contribution in [1.82, 2.24) is 29.5 Å². The molecule has 4 rings (SSSR count). The first-order valence-electron chi connectivity index (χ1n) is 8.88. The van der Waals surface area contributed by atoms with E-state index >= 15 is 0 Å². The van der Waals surface area contributed by atoms with Crippen molar-refractivity contribution in [3.8, 4) is 0 Å². The van der Waals surface area contributed by atoms with E-state index in [-0.39, 0.29) is 5.82 Å². The number of nitrogens with zero attached hydrogens (tertiary/aromatic N) is 8. The molecule has 1 aliphatic rings. The minimum atomic E-state index is -0.311. The first kappa shape index (κ1) is 16.6. The van der Waals surface area contributed by atoms with Gasteiger partial charge >= 0.3 is 0 Å². The summed E-state index contributed by atoms with van der Waals surface area (Å²) in [5, 5.41) is 0. The lowest BCUT2D eigenvalue weighted by molar-refractivity contribution is 0.568. The van der Waals surface area contributed by atoms with Gasteiger partial charge in [0.1, 0.15) is 12.7 Å². The molecule has 1 saturated heterocycles. The number of hydrogen-bond acceptors (Lipinski definition) is 7. The van der Waals surface area contributed by atoms with Gasteiger partial charge in [0.25, 0.3) is 0 Å².